The van der Waals surface area contributed by atoms with Crippen LogP contribution in [0.5, 0.6) is 5.75 Å². The average Bonchev–Trinajstić information content (AvgIpc) is 3.20. The summed E-state index contributed by atoms with van der Waals surface area (Å²) in [6, 6.07) is 5.50. The van der Waals surface area contributed by atoms with Crippen LogP contribution in [0.1, 0.15) is 29.1 Å². The van der Waals surface area contributed by atoms with Gasteiger partial charge in [-0.3, -0.25) is 9.59 Å². The molecule has 2 aromatic rings. The number of ether oxygens (including phenoxy) is 1. The molecule has 1 saturated heterocycles. The number of aryl methyl sites for hydroxylation is 1. The fourth-order valence-corrected chi connectivity index (χ4v) is 3.57. The fraction of sp³-hybridized carbons (Fsp3) is 0.389. The Morgan fingerprint density at radius 2 is 2.15 bits per heavy atom. The number of nitrogens with one attached hydrogen (secondary N) is 1. The highest BCUT2D eigenvalue weighted by Crippen LogP contribution is 2.23. The van der Waals surface area contributed by atoms with E-state index in [2.05, 4.69) is 15.0 Å². The maximum absolute atomic E-state index is 12.5. The Hall–Kier alpha value is -2.55. The van der Waals surface area contributed by atoms with Crippen molar-refractivity contribution in [2.75, 3.05) is 0 Å². The topological polar surface area (TPSA) is 71.5 Å². The zero-order chi connectivity index (χ0) is 19.4. The van der Waals surface area contributed by atoms with E-state index in [0.717, 1.165) is 16.3 Å². The molecule has 1 fully saturated rings. The number of thiazole rings is 1. The first-order valence-electron chi connectivity index (χ1n) is 8.44. The van der Waals surface area contributed by atoms with Gasteiger partial charge in [-0.15, -0.1) is 11.3 Å². The Balaban J connectivity index is 1.60. The Bertz CT molecular complexity index is 810. The van der Waals surface area contributed by atoms with Gasteiger partial charge in [-0.1, -0.05) is 12.1 Å². The molecule has 27 heavy (non-hydrogen) atoms. The van der Waals surface area contributed by atoms with Crippen LogP contribution in [0.25, 0.3) is 0 Å². The molecule has 2 amide bonds. The molecule has 1 atom stereocenters. The van der Waals surface area contributed by atoms with Gasteiger partial charge in [0.2, 0.25) is 11.8 Å². The van der Waals surface area contributed by atoms with E-state index in [9.17, 15) is 18.4 Å². The van der Waals surface area contributed by atoms with Crippen LogP contribution >= 0.6 is 11.3 Å². The molecule has 0 saturated carbocycles. The van der Waals surface area contributed by atoms with Crippen LogP contribution in [0, 0.1) is 6.92 Å². The molecule has 144 valence electrons. The molecule has 6 nitrogen and oxygen atoms in total. The molecule has 1 aromatic carbocycles. The standard InChI is InChI=1S/C18H19F2N3O3S/c1-11-22-13(10-27-11)8-21-17(25)15-6-7-16(24)23(15)9-12-2-4-14(5-3-12)26-18(19)20/h2-5,10,15,18H,6-9H2,1H3,(H,21,25). The molecule has 0 bridgehead atoms. The number of alkyl halides is 2. The summed E-state index contributed by atoms with van der Waals surface area (Å²) in [6.45, 7) is -0.431. The fourth-order valence-electron chi connectivity index (χ4n) is 2.96. The van der Waals surface area contributed by atoms with Crippen molar-refractivity contribution in [2.24, 2.45) is 0 Å². The minimum atomic E-state index is -2.88. The summed E-state index contributed by atoms with van der Waals surface area (Å²) in [6.07, 6.45) is 0.758. The lowest BCUT2D eigenvalue weighted by Crippen LogP contribution is -2.44. The van der Waals surface area contributed by atoms with Crippen molar-refractivity contribution in [3.63, 3.8) is 0 Å². The van der Waals surface area contributed by atoms with E-state index in [1.165, 1.54) is 28.4 Å². The third kappa shape index (κ3) is 5.00. The maximum atomic E-state index is 12.5. The second kappa shape index (κ2) is 8.43. The number of aromatic nitrogens is 1. The van der Waals surface area contributed by atoms with Crippen LogP contribution in [-0.2, 0) is 22.7 Å². The van der Waals surface area contributed by atoms with E-state index in [1.54, 1.807) is 12.1 Å². The van der Waals surface area contributed by atoms with Gasteiger partial charge >= 0.3 is 6.61 Å². The van der Waals surface area contributed by atoms with Crippen LogP contribution in [-0.4, -0.2) is 34.4 Å². The number of hydrogen-bond donors (Lipinski definition) is 1. The second-order valence-corrected chi connectivity index (χ2v) is 7.24. The second-order valence-electron chi connectivity index (χ2n) is 6.17. The molecule has 1 aliphatic rings. The number of nitrogens with zero attached hydrogens (tertiary/aromatic N) is 2. The van der Waals surface area contributed by atoms with Crippen LogP contribution < -0.4 is 10.1 Å². The van der Waals surface area contributed by atoms with Crippen molar-refractivity contribution in [1.29, 1.82) is 0 Å². The predicted molar refractivity (Wildman–Crippen MR) is 95.3 cm³/mol. The van der Waals surface area contributed by atoms with Gasteiger partial charge in [0, 0.05) is 18.3 Å². The molecule has 0 radical (unpaired) electrons. The summed E-state index contributed by atoms with van der Waals surface area (Å²) in [4.78, 5) is 30.5. The molecule has 1 aromatic heterocycles. The first kappa shape index (κ1) is 19.2. The zero-order valence-electron chi connectivity index (χ0n) is 14.7. The molecule has 0 aliphatic carbocycles. The number of halogens is 2. The minimum absolute atomic E-state index is 0.0503. The lowest BCUT2D eigenvalue weighted by Gasteiger charge is -2.24. The molecule has 9 heteroatoms. The van der Waals surface area contributed by atoms with Crippen molar-refractivity contribution in [1.82, 2.24) is 15.2 Å². The highest BCUT2D eigenvalue weighted by molar-refractivity contribution is 7.09. The number of benzene rings is 1. The number of amides is 2. The summed E-state index contributed by atoms with van der Waals surface area (Å²) < 4.78 is 28.7. The first-order valence-corrected chi connectivity index (χ1v) is 9.32. The highest BCUT2D eigenvalue weighted by atomic mass is 32.1. The molecular formula is C18H19F2N3O3S. The largest absolute Gasteiger partial charge is 0.435 e. The predicted octanol–water partition coefficient (Wildman–Crippen LogP) is 2.86. The highest BCUT2D eigenvalue weighted by Gasteiger charge is 2.35. The number of likely N-dealkylation sites (tertiary alicyclic amines) is 1. The van der Waals surface area contributed by atoms with E-state index in [1.807, 2.05) is 12.3 Å². The summed E-state index contributed by atoms with van der Waals surface area (Å²) in [5.74, 6) is -0.272. The van der Waals surface area contributed by atoms with Gasteiger partial charge in [-0.2, -0.15) is 8.78 Å². The molecule has 0 spiro atoms. The SMILES string of the molecule is Cc1nc(CNC(=O)C2CCC(=O)N2Cc2ccc(OC(F)F)cc2)cs1. The van der Waals surface area contributed by atoms with Gasteiger partial charge in [-0.05, 0) is 31.0 Å². The summed E-state index contributed by atoms with van der Waals surface area (Å²) >= 11 is 1.51. The van der Waals surface area contributed by atoms with Gasteiger partial charge in [0.25, 0.3) is 0 Å². The van der Waals surface area contributed by atoms with Gasteiger partial charge < -0.3 is 15.0 Å². The summed E-state index contributed by atoms with van der Waals surface area (Å²) in [5, 5.41) is 5.64. The Morgan fingerprint density at radius 1 is 1.41 bits per heavy atom. The smallest absolute Gasteiger partial charge is 0.387 e. The van der Waals surface area contributed by atoms with Crippen LogP contribution in [0.2, 0.25) is 0 Å². The normalized spacial score (nSPS) is 16.8. The minimum Gasteiger partial charge on any atom is -0.435 e. The van der Waals surface area contributed by atoms with Gasteiger partial charge in [0.1, 0.15) is 11.8 Å². The zero-order valence-corrected chi connectivity index (χ0v) is 15.5. The van der Waals surface area contributed by atoms with Crippen molar-refractivity contribution >= 4 is 23.2 Å². The number of carbonyl (C=O) groups is 2. The molecule has 3 rings (SSSR count). The van der Waals surface area contributed by atoms with Crippen molar-refractivity contribution in [3.05, 3.63) is 45.9 Å². The van der Waals surface area contributed by atoms with Gasteiger partial charge in [-0.25, -0.2) is 4.98 Å². The first-order chi connectivity index (χ1) is 12.9. The van der Waals surface area contributed by atoms with E-state index < -0.39 is 12.7 Å². The average molecular weight is 395 g/mol. The summed E-state index contributed by atoms with van der Waals surface area (Å²) in [7, 11) is 0. The lowest BCUT2D eigenvalue weighted by atomic mass is 10.1. The number of rotatable bonds is 7. The Kier molecular flexibility index (Phi) is 6.00. The van der Waals surface area contributed by atoms with Crippen molar-refractivity contribution in [3.8, 4) is 5.75 Å². The van der Waals surface area contributed by atoms with Crippen molar-refractivity contribution in [2.45, 2.75) is 45.5 Å². The van der Waals surface area contributed by atoms with Gasteiger partial charge in [0.15, 0.2) is 0 Å². The number of carbonyl (C=O) groups excluding carboxylic acids is 2. The molecule has 1 N–H and O–H groups in total. The quantitative estimate of drug-likeness (QED) is 0.783. The number of hydrogen-bond acceptors (Lipinski definition) is 5. The Labute approximate surface area is 159 Å². The molecular weight excluding hydrogens is 376 g/mol. The van der Waals surface area contributed by atoms with Crippen LogP contribution in [0.4, 0.5) is 8.78 Å². The third-order valence-electron chi connectivity index (χ3n) is 4.24. The Morgan fingerprint density at radius 3 is 2.78 bits per heavy atom. The van der Waals surface area contributed by atoms with Crippen LogP contribution in [0.3, 0.4) is 0 Å². The van der Waals surface area contributed by atoms with Crippen LogP contribution in [0.15, 0.2) is 29.6 Å². The molecule has 1 aliphatic heterocycles. The van der Waals surface area contributed by atoms with E-state index in [-0.39, 0.29) is 24.1 Å². The molecule has 1 unspecified atom stereocenters. The van der Waals surface area contributed by atoms with Crippen molar-refractivity contribution < 1.29 is 23.1 Å². The van der Waals surface area contributed by atoms with Gasteiger partial charge in [0.05, 0.1) is 17.2 Å². The third-order valence-corrected chi connectivity index (χ3v) is 5.06. The lowest BCUT2D eigenvalue weighted by molar-refractivity contribution is -0.135. The summed E-state index contributed by atoms with van der Waals surface area (Å²) in [5.41, 5.74) is 1.52. The molecule has 2 heterocycles. The maximum Gasteiger partial charge on any atom is 0.387 e. The van der Waals surface area contributed by atoms with E-state index in [4.69, 9.17) is 0 Å². The van der Waals surface area contributed by atoms with E-state index >= 15 is 0 Å². The van der Waals surface area contributed by atoms with E-state index in [0.29, 0.717) is 19.4 Å². The monoisotopic (exact) mass is 395 g/mol.